The molecule has 1 saturated heterocycles. The minimum absolute atomic E-state index is 0.0229. The molecule has 112 valence electrons. The SMILES string of the molecule is CC1CC(C)CN(CC(=O)NC2(C#N)CCCCC2)C1. The van der Waals surface area contributed by atoms with E-state index in [4.69, 9.17) is 0 Å². The molecule has 0 spiro atoms. The number of piperidine rings is 1. The molecule has 20 heavy (non-hydrogen) atoms. The molecule has 0 bridgehead atoms. The predicted octanol–water partition coefficient (Wildman–Crippen LogP) is 2.31. The molecule has 2 rings (SSSR count). The number of hydrogen-bond donors (Lipinski definition) is 1. The number of amides is 1. The van der Waals surface area contributed by atoms with Crippen LogP contribution < -0.4 is 5.32 Å². The van der Waals surface area contributed by atoms with Crippen molar-refractivity contribution in [1.29, 1.82) is 5.26 Å². The minimum Gasteiger partial charge on any atom is -0.337 e. The van der Waals surface area contributed by atoms with Crippen molar-refractivity contribution in [1.82, 2.24) is 10.2 Å². The average Bonchev–Trinajstić information content (AvgIpc) is 2.38. The highest BCUT2D eigenvalue weighted by atomic mass is 16.2. The summed E-state index contributed by atoms with van der Waals surface area (Å²) < 4.78 is 0. The van der Waals surface area contributed by atoms with Crippen LogP contribution in [0.5, 0.6) is 0 Å². The second-order valence-corrected chi connectivity index (χ2v) is 6.94. The summed E-state index contributed by atoms with van der Waals surface area (Å²) in [4.78, 5) is 14.5. The average molecular weight is 277 g/mol. The number of carbonyl (C=O) groups excluding carboxylic acids is 1. The van der Waals surface area contributed by atoms with Crippen LogP contribution in [0.4, 0.5) is 0 Å². The van der Waals surface area contributed by atoms with Crippen molar-refractivity contribution in [3.63, 3.8) is 0 Å². The Morgan fingerprint density at radius 3 is 2.40 bits per heavy atom. The summed E-state index contributed by atoms with van der Waals surface area (Å²) in [6.45, 7) is 6.93. The Bertz CT molecular complexity index is 372. The van der Waals surface area contributed by atoms with Crippen LogP contribution in [0, 0.1) is 23.2 Å². The van der Waals surface area contributed by atoms with Crippen molar-refractivity contribution in [2.45, 2.75) is 57.9 Å². The van der Waals surface area contributed by atoms with E-state index in [-0.39, 0.29) is 5.91 Å². The molecule has 0 aromatic heterocycles. The van der Waals surface area contributed by atoms with Gasteiger partial charge < -0.3 is 5.32 Å². The topological polar surface area (TPSA) is 56.1 Å². The fraction of sp³-hybridized carbons (Fsp3) is 0.875. The Balaban J connectivity index is 1.87. The highest BCUT2D eigenvalue weighted by Crippen LogP contribution is 2.27. The first-order chi connectivity index (χ1) is 9.53. The van der Waals surface area contributed by atoms with E-state index in [1.807, 2.05) is 0 Å². The molecule has 1 N–H and O–H groups in total. The Morgan fingerprint density at radius 1 is 1.25 bits per heavy atom. The minimum atomic E-state index is -0.595. The number of nitriles is 1. The first-order valence-corrected chi connectivity index (χ1v) is 7.97. The maximum Gasteiger partial charge on any atom is 0.235 e. The summed E-state index contributed by atoms with van der Waals surface area (Å²) in [5.74, 6) is 1.34. The van der Waals surface area contributed by atoms with Gasteiger partial charge in [0, 0.05) is 13.1 Å². The Labute approximate surface area is 122 Å². The standard InChI is InChI=1S/C16H27N3O/c1-13-8-14(2)10-19(9-13)11-15(20)18-16(12-17)6-4-3-5-7-16/h13-14H,3-11H2,1-2H3,(H,18,20). The molecule has 2 aliphatic rings. The summed E-state index contributed by atoms with van der Waals surface area (Å²) in [5.41, 5.74) is -0.595. The lowest BCUT2D eigenvalue weighted by atomic mass is 9.83. The van der Waals surface area contributed by atoms with Gasteiger partial charge >= 0.3 is 0 Å². The number of nitrogens with zero attached hydrogens (tertiary/aromatic N) is 2. The summed E-state index contributed by atoms with van der Waals surface area (Å²) >= 11 is 0. The number of hydrogen-bond acceptors (Lipinski definition) is 3. The molecule has 1 aliphatic carbocycles. The van der Waals surface area contributed by atoms with Gasteiger partial charge in [-0.05, 0) is 31.1 Å². The summed E-state index contributed by atoms with van der Waals surface area (Å²) in [5, 5.41) is 12.4. The van der Waals surface area contributed by atoms with E-state index >= 15 is 0 Å². The van der Waals surface area contributed by atoms with Gasteiger partial charge in [-0.25, -0.2) is 0 Å². The van der Waals surface area contributed by atoms with Crippen molar-refractivity contribution in [2.75, 3.05) is 19.6 Å². The van der Waals surface area contributed by atoms with Gasteiger partial charge in [0.25, 0.3) is 0 Å². The smallest absolute Gasteiger partial charge is 0.235 e. The van der Waals surface area contributed by atoms with Crippen LogP contribution in [-0.4, -0.2) is 36.0 Å². The zero-order valence-electron chi connectivity index (χ0n) is 12.8. The van der Waals surface area contributed by atoms with E-state index in [0.29, 0.717) is 18.4 Å². The first-order valence-electron chi connectivity index (χ1n) is 7.97. The van der Waals surface area contributed by atoms with Crippen molar-refractivity contribution in [3.05, 3.63) is 0 Å². The molecule has 0 aromatic carbocycles. The lowest BCUT2D eigenvalue weighted by Crippen LogP contribution is -2.53. The highest BCUT2D eigenvalue weighted by molar-refractivity contribution is 5.79. The highest BCUT2D eigenvalue weighted by Gasteiger charge is 2.34. The van der Waals surface area contributed by atoms with Gasteiger partial charge in [0.15, 0.2) is 0 Å². The van der Waals surface area contributed by atoms with Gasteiger partial charge in [-0.3, -0.25) is 9.69 Å². The largest absolute Gasteiger partial charge is 0.337 e. The third-order valence-electron chi connectivity index (χ3n) is 4.61. The van der Waals surface area contributed by atoms with Crippen LogP contribution in [0.2, 0.25) is 0 Å². The van der Waals surface area contributed by atoms with Crippen LogP contribution >= 0.6 is 0 Å². The monoisotopic (exact) mass is 277 g/mol. The number of likely N-dealkylation sites (tertiary alicyclic amines) is 1. The van der Waals surface area contributed by atoms with Crippen molar-refractivity contribution in [3.8, 4) is 6.07 Å². The van der Waals surface area contributed by atoms with Crippen LogP contribution in [0.15, 0.2) is 0 Å². The van der Waals surface area contributed by atoms with Crippen LogP contribution in [0.3, 0.4) is 0 Å². The second-order valence-electron chi connectivity index (χ2n) is 6.94. The zero-order valence-corrected chi connectivity index (χ0v) is 12.8. The second kappa shape index (κ2) is 6.58. The summed E-state index contributed by atoms with van der Waals surface area (Å²) in [6, 6.07) is 2.35. The summed E-state index contributed by atoms with van der Waals surface area (Å²) in [6.07, 6.45) is 6.14. The van der Waals surface area contributed by atoms with Gasteiger partial charge in [0.1, 0.15) is 5.54 Å². The fourth-order valence-corrected chi connectivity index (χ4v) is 3.85. The van der Waals surface area contributed by atoms with Crippen molar-refractivity contribution < 1.29 is 4.79 Å². The lowest BCUT2D eigenvalue weighted by molar-refractivity contribution is -0.124. The Kier molecular flexibility index (Phi) is 5.04. The molecule has 4 nitrogen and oxygen atoms in total. The van der Waals surface area contributed by atoms with Gasteiger partial charge in [-0.1, -0.05) is 33.1 Å². The van der Waals surface area contributed by atoms with Crippen LogP contribution in [0.25, 0.3) is 0 Å². The van der Waals surface area contributed by atoms with Crippen LogP contribution in [-0.2, 0) is 4.79 Å². The Hall–Kier alpha value is -1.08. The maximum absolute atomic E-state index is 12.3. The maximum atomic E-state index is 12.3. The molecule has 1 amide bonds. The molecule has 0 aromatic rings. The van der Waals surface area contributed by atoms with Gasteiger partial charge in [0.05, 0.1) is 12.6 Å². The molecule has 2 fully saturated rings. The predicted molar refractivity (Wildman–Crippen MR) is 79.0 cm³/mol. The molecule has 2 unspecified atom stereocenters. The van der Waals surface area contributed by atoms with E-state index in [2.05, 4.69) is 30.1 Å². The molecular formula is C16H27N3O. The molecule has 1 saturated carbocycles. The number of rotatable bonds is 3. The third-order valence-corrected chi connectivity index (χ3v) is 4.61. The molecular weight excluding hydrogens is 250 g/mol. The quantitative estimate of drug-likeness (QED) is 0.861. The molecule has 1 heterocycles. The lowest BCUT2D eigenvalue weighted by Gasteiger charge is -2.36. The first kappa shape index (κ1) is 15.3. The molecule has 4 heteroatoms. The van der Waals surface area contributed by atoms with Gasteiger partial charge in [-0.2, -0.15) is 5.26 Å². The number of nitrogens with one attached hydrogen (secondary N) is 1. The van der Waals surface area contributed by atoms with Gasteiger partial charge in [0.2, 0.25) is 5.91 Å². The molecule has 1 aliphatic heterocycles. The van der Waals surface area contributed by atoms with E-state index in [1.165, 1.54) is 12.8 Å². The van der Waals surface area contributed by atoms with Crippen molar-refractivity contribution >= 4 is 5.91 Å². The zero-order chi connectivity index (χ0) is 14.6. The third kappa shape index (κ3) is 3.96. The summed E-state index contributed by atoms with van der Waals surface area (Å²) in [7, 11) is 0. The van der Waals surface area contributed by atoms with Gasteiger partial charge in [-0.15, -0.1) is 0 Å². The Morgan fingerprint density at radius 2 is 1.85 bits per heavy atom. The van der Waals surface area contributed by atoms with E-state index < -0.39 is 5.54 Å². The van der Waals surface area contributed by atoms with Crippen LogP contribution in [0.1, 0.15) is 52.4 Å². The van der Waals surface area contributed by atoms with E-state index in [9.17, 15) is 10.1 Å². The molecule has 0 radical (unpaired) electrons. The number of carbonyl (C=O) groups is 1. The molecule has 2 atom stereocenters. The normalized spacial score (nSPS) is 30.4. The fourth-order valence-electron chi connectivity index (χ4n) is 3.85. The van der Waals surface area contributed by atoms with Crippen molar-refractivity contribution in [2.24, 2.45) is 11.8 Å². The van der Waals surface area contributed by atoms with E-state index in [0.717, 1.165) is 38.8 Å². The van der Waals surface area contributed by atoms with E-state index in [1.54, 1.807) is 0 Å².